The molecule has 0 aromatic heterocycles. The summed E-state index contributed by atoms with van der Waals surface area (Å²) in [6.07, 6.45) is 9.19. The molecule has 1 atom stereocenters. The Hall–Kier alpha value is -3.39. The molecule has 2 aliphatic rings. The van der Waals surface area contributed by atoms with Gasteiger partial charge in [0.2, 0.25) is 0 Å². The van der Waals surface area contributed by atoms with E-state index in [0.717, 1.165) is 6.92 Å². The number of hydrogen-bond acceptors (Lipinski definition) is 1. The van der Waals surface area contributed by atoms with Crippen molar-refractivity contribution in [1.82, 2.24) is 0 Å². The second-order valence-electron chi connectivity index (χ2n) is 7.10. The van der Waals surface area contributed by atoms with E-state index in [2.05, 4.69) is 97.1 Å². The highest BCUT2D eigenvalue weighted by molar-refractivity contribution is 5.78. The molecule has 0 fully saturated rings. The monoisotopic (exact) mass is 366 g/mol. The minimum Gasteiger partial charge on any atom is -0.481 e. The second-order valence-corrected chi connectivity index (χ2v) is 7.10. The van der Waals surface area contributed by atoms with Crippen LogP contribution in [-0.4, -0.2) is 11.1 Å². The fourth-order valence-corrected chi connectivity index (χ4v) is 4.19. The van der Waals surface area contributed by atoms with Crippen LogP contribution in [0.3, 0.4) is 0 Å². The number of rotatable bonds is 1. The molecule has 0 heterocycles. The molecular formula is C26H22O2. The van der Waals surface area contributed by atoms with Crippen molar-refractivity contribution < 1.29 is 9.90 Å². The van der Waals surface area contributed by atoms with Crippen molar-refractivity contribution in [2.24, 2.45) is 0 Å². The van der Waals surface area contributed by atoms with Gasteiger partial charge >= 0.3 is 0 Å². The van der Waals surface area contributed by atoms with E-state index in [1.807, 2.05) is 0 Å². The quantitative estimate of drug-likeness (QED) is 0.556. The van der Waals surface area contributed by atoms with E-state index in [0.29, 0.717) is 11.8 Å². The summed E-state index contributed by atoms with van der Waals surface area (Å²) in [5.41, 5.74) is 8.30. The summed E-state index contributed by atoms with van der Waals surface area (Å²) in [4.78, 5) is 9.00. The van der Waals surface area contributed by atoms with E-state index in [4.69, 9.17) is 9.90 Å². The third-order valence-electron chi connectivity index (χ3n) is 5.30. The van der Waals surface area contributed by atoms with Crippen molar-refractivity contribution in [1.29, 1.82) is 0 Å². The molecule has 1 N–H and O–H groups in total. The summed E-state index contributed by atoms with van der Waals surface area (Å²) < 4.78 is 0. The smallest absolute Gasteiger partial charge is 0.300 e. The van der Waals surface area contributed by atoms with Gasteiger partial charge in [0.1, 0.15) is 0 Å². The van der Waals surface area contributed by atoms with Crippen LogP contribution in [0, 0.1) is 0 Å². The number of hydrogen-bond donors (Lipinski definition) is 1. The number of carboxylic acid groups (broad SMARTS) is 1. The molecule has 5 rings (SSSR count). The van der Waals surface area contributed by atoms with Gasteiger partial charge < -0.3 is 5.11 Å². The van der Waals surface area contributed by atoms with E-state index >= 15 is 0 Å². The van der Waals surface area contributed by atoms with E-state index < -0.39 is 5.97 Å². The Kier molecular flexibility index (Phi) is 4.94. The number of fused-ring (bicyclic) bond motifs is 3. The number of aliphatic carboxylic acids is 1. The summed E-state index contributed by atoms with van der Waals surface area (Å²) in [5.74, 6) is -0.0873. The average molecular weight is 366 g/mol. The van der Waals surface area contributed by atoms with Gasteiger partial charge in [-0.25, -0.2) is 0 Å². The molecule has 0 saturated heterocycles. The third-order valence-corrected chi connectivity index (χ3v) is 5.30. The zero-order valence-corrected chi connectivity index (χ0v) is 15.7. The Balaban J connectivity index is 0.000000442. The maximum Gasteiger partial charge on any atom is 0.300 e. The van der Waals surface area contributed by atoms with E-state index in [-0.39, 0.29) is 0 Å². The van der Waals surface area contributed by atoms with Crippen molar-refractivity contribution in [3.8, 4) is 0 Å². The number of allylic oxidation sites excluding steroid dienone is 1. The molecule has 0 aliphatic heterocycles. The predicted octanol–water partition coefficient (Wildman–Crippen LogP) is 6.20. The zero-order chi connectivity index (χ0) is 19.5. The number of benzene rings is 3. The summed E-state index contributed by atoms with van der Waals surface area (Å²) in [7, 11) is 0. The molecule has 2 aliphatic carbocycles. The first-order valence-electron chi connectivity index (χ1n) is 9.48. The lowest BCUT2D eigenvalue weighted by Gasteiger charge is -2.26. The molecule has 28 heavy (non-hydrogen) atoms. The van der Waals surface area contributed by atoms with Crippen LogP contribution in [0.4, 0.5) is 0 Å². The van der Waals surface area contributed by atoms with Gasteiger partial charge in [-0.1, -0.05) is 97.1 Å². The normalized spacial score (nSPS) is 16.2. The Labute approximate surface area is 165 Å². The van der Waals surface area contributed by atoms with Gasteiger partial charge in [-0.2, -0.15) is 0 Å². The molecule has 0 spiro atoms. The van der Waals surface area contributed by atoms with Gasteiger partial charge in [0.15, 0.2) is 0 Å². The van der Waals surface area contributed by atoms with E-state index in [1.54, 1.807) is 0 Å². The number of carboxylic acids is 1. The molecule has 0 saturated carbocycles. The average Bonchev–Trinajstić information content (AvgIpc) is 3.04. The lowest BCUT2D eigenvalue weighted by Crippen LogP contribution is -2.12. The molecule has 1 unspecified atom stereocenters. The van der Waals surface area contributed by atoms with Gasteiger partial charge in [-0.05, 0) is 33.4 Å². The first-order chi connectivity index (χ1) is 13.6. The van der Waals surface area contributed by atoms with E-state index in [1.165, 1.54) is 33.4 Å². The van der Waals surface area contributed by atoms with Crippen molar-refractivity contribution in [2.45, 2.75) is 18.8 Å². The lowest BCUT2D eigenvalue weighted by molar-refractivity contribution is -0.134. The molecule has 0 amide bonds. The van der Waals surface area contributed by atoms with Crippen LogP contribution >= 0.6 is 0 Å². The first kappa shape index (κ1) is 18.0. The molecule has 3 aromatic carbocycles. The van der Waals surface area contributed by atoms with Gasteiger partial charge in [0.25, 0.3) is 5.97 Å². The lowest BCUT2D eigenvalue weighted by atomic mass is 9.76. The van der Waals surface area contributed by atoms with Crippen LogP contribution in [0.2, 0.25) is 0 Å². The summed E-state index contributed by atoms with van der Waals surface area (Å²) >= 11 is 0. The van der Waals surface area contributed by atoms with Crippen molar-refractivity contribution >= 4 is 24.2 Å². The SMILES string of the molecule is C1=CC(C2c3ccccc3C=Cc3ccccc32)c2ccccc21.CC(=O)O. The van der Waals surface area contributed by atoms with Crippen LogP contribution in [0.5, 0.6) is 0 Å². The number of carbonyl (C=O) groups is 1. The van der Waals surface area contributed by atoms with Crippen LogP contribution in [0.1, 0.15) is 52.1 Å². The fraction of sp³-hybridized carbons (Fsp3) is 0.115. The van der Waals surface area contributed by atoms with Gasteiger partial charge in [-0.15, -0.1) is 0 Å². The summed E-state index contributed by atoms with van der Waals surface area (Å²) in [6, 6.07) is 26.4. The minimum atomic E-state index is -0.833. The van der Waals surface area contributed by atoms with Crippen LogP contribution in [0.25, 0.3) is 18.2 Å². The molecule has 0 bridgehead atoms. The van der Waals surface area contributed by atoms with Crippen LogP contribution < -0.4 is 0 Å². The van der Waals surface area contributed by atoms with Gasteiger partial charge in [0.05, 0.1) is 0 Å². The zero-order valence-electron chi connectivity index (χ0n) is 15.7. The predicted molar refractivity (Wildman–Crippen MR) is 115 cm³/mol. The minimum absolute atomic E-state index is 0.354. The highest BCUT2D eigenvalue weighted by Gasteiger charge is 2.31. The van der Waals surface area contributed by atoms with Gasteiger partial charge in [0, 0.05) is 18.8 Å². The molecule has 0 radical (unpaired) electrons. The third kappa shape index (κ3) is 3.41. The second kappa shape index (κ2) is 7.69. The summed E-state index contributed by atoms with van der Waals surface area (Å²) in [5, 5.41) is 7.42. The Bertz CT molecular complexity index is 1020. The maximum atomic E-state index is 9.00. The molecule has 138 valence electrons. The van der Waals surface area contributed by atoms with Crippen LogP contribution in [0.15, 0.2) is 78.9 Å². The highest BCUT2D eigenvalue weighted by atomic mass is 16.4. The standard InChI is InChI=1S/C24H18.C2H4O2/c1-4-10-20-17(7-1)15-16-23(20)24-21-11-5-2-8-18(21)13-14-19-9-3-6-12-22(19)24;1-2(3)4/h1-16,23-24H;1H3,(H,3,4). The molecular weight excluding hydrogens is 344 g/mol. The highest BCUT2D eigenvalue weighted by Crippen LogP contribution is 2.47. The van der Waals surface area contributed by atoms with Crippen molar-refractivity contribution in [3.05, 3.63) is 112 Å². The molecule has 2 nitrogen and oxygen atoms in total. The van der Waals surface area contributed by atoms with Crippen LogP contribution in [-0.2, 0) is 4.79 Å². The Morgan fingerprint density at radius 2 is 1.07 bits per heavy atom. The fourth-order valence-electron chi connectivity index (χ4n) is 4.19. The Morgan fingerprint density at radius 1 is 0.679 bits per heavy atom. The first-order valence-corrected chi connectivity index (χ1v) is 9.48. The van der Waals surface area contributed by atoms with E-state index in [9.17, 15) is 0 Å². The maximum absolute atomic E-state index is 9.00. The van der Waals surface area contributed by atoms with Gasteiger partial charge in [-0.3, -0.25) is 4.79 Å². The topological polar surface area (TPSA) is 37.3 Å². The van der Waals surface area contributed by atoms with Crippen molar-refractivity contribution in [2.75, 3.05) is 0 Å². The largest absolute Gasteiger partial charge is 0.481 e. The molecule has 2 heteroatoms. The summed E-state index contributed by atoms with van der Waals surface area (Å²) in [6.45, 7) is 1.08. The Morgan fingerprint density at radius 3 is 1.57 bits per heavy atom. The molecule has 3 aromatic rings. The van der Waals surface area contributed by atoms with Crippen molar-refractivity contribution in [3.63, 3.8) is 0 Å².